The SMILES string of the molecule is Cc1cc(Nc2ccccc2C(C)C)nc(NCCc2ccccc2)n1. The van der Waals surface area contributed by atoms with E-state index in [-0.39, 0.29) is 0 Å². The zero-order chi connectivity index (χ0) is 18.4. The Morgan fingerprint density at radius 3 is 2.42 bits per heavy atom. The van der Waals surface area contributed by atoms with Crippen molar-refractivity contribution in [3.63, 3.8) is 0 Å². The number of nitrogens with one attached hydrogen (secondary N) is 2. The van der Waals surface area contributed by atoms with E-state index in [4.69, 9.17) is 0 Å². The second kappa shape index (κ2) is 8.48. The van der Waals surface area contributed by atoms with Crippen LogP contribution in [0, 0.1) is 6.92 Å². The number of hydrogen-bond donors (Lipinski definition) is 2. The van der Waals surface area contributed by atoms with Crippen molar-refractivity contribution < 1.29 is 0 Å². The molecule has 0 saturated heterocycles. The molecule has 3 aromatic rings. The smallest absolute Gasteiger partial charge is 0.224 e. The van der Waals surface area contributed by atoms with E-state index >= 15 is 0 Å². The number of aryl methyl sites for hydroxylation is 1. The summed E-state index contributed by atoms with van der Waals surface area (Å²) in [5.74, 6) is 1.92. The van der Waals surface area contributed by atoms with E-state index in [2.05, 4.69) is 76.9 Å². The van der Waals surface area contributed by atoms with Crippen molar-refractivity contribution >= 4 is 17.5 Å². The molecule has 0 saturated carbocycles. The Labute approximate surface area is 155 Å². The molecule has 0 aliphatic rings. The summed E-state index contributed by atoms with van der Waals surface area (Å²) in [7, 11) is 0. The summed E-state index contributed by atoms with van der Waals surface area (Å²) in [6, 6.07) is 20.8. The Morgan fingerprint density at radius 2 is 1.65 bits per heavy atom. The molecule has 2 aromatic carbocycles. The normalized spacial score (nSPS) is 10.8. The Hall–Kier alpha value is -2.88. The van der Waals surface area contributed by atoms with E-state index < -0.39 is 0 Å². The van der Waals surface area contributed by atoms with Crippen LogP contribution in [0.4, 0.5) is 17.5 Å². The topological polar surface area (TPSA) is 49.8 Å². The quantitative estimate of drug-likeness (QED) is 0.609. The number of anilines is 3. The fraction of sp³-hybridized carbons (Fsp3) is 0.273. The molecule has 0 bridgehead atoms. The molecule has 134 valence electrons. The molecule has 0 aliphatic heterocycles. The summed E-state index contributed by atoms with van der Waals surface area (Å²) in [5.41, 5.74) is 4.61. The van der Waals surface area contributed by atoms with Crippen LogP contribution in [0.3, 0.4) is 0 Å². The molecule has 2 N–H and O–H groups in total. The van der Waals surface area contributed by atoms with Crippen molar-refractivity contribution in [2.24, 2.45) is 0 Å². The second-order valence-electron chi connectivity index (χ2n) is 6.75. The van der Waals surface area contributed by atoms with E-state index in [1.807, 2.05) is 25.1 Å². The van der Waals surface area contributed by atoms with Crippen LogP contribution in [0.1, 0.15) is 36.6 Å². The standard InChI is InChI=1S/C22H26N4/c1-16(2)19-11-7-8-12-20(19)25-21-15-17(3)24-22(26-21)23-14-13-18-9-5-4-6-10-18/h4-12,15-16H,13-14H2,1-3H3,(H2,23,24,25,26). The zero-order valence-electron chi connectivity index (χ0n) is 15.7. The van der Waals surface area contributed by atoms with E-state index in [0.29, 0.717) is 11.9 Å². The third-order valence-corrected chi connectivity index (χ3v) is 4.24. The van der Waals surface area contributed by atoms with Gasteiger partial charge in [0.25, 0.3) is 0 Å². The van der Waals surface area contributed by atoms with Gasteiger partial charge in [-0.05, 0) is 36.5 Å². The van der Waals surface area contributed by atoms with Crippen molar-refractivity contribution in [3.8, 4) is 0 Å². The van der Waals surface area contributed by atoms with Gasteiger partial charge in [-0.2, -0.15) is 4.98 Å². The van der Waals surface area contributed by atoms with E-state index in [1.165, 1.54) is 11.1 Å². The van der Waals surface area contributed by atoms with Crippen LogP contribution in [0.2, 0.25) is 0 Å². The van der Waals surface area contributed by atoms with Gasteiger partial charge in [0.2, 0.25) is 5.95 Å². The van der Waals surface area contributed by atoms with Crippen LogP contribution < -0.4 is 10.6 Å². The number of aromatic nitrogens is 2. The fourth-order valence-corrected chi connectivity index (χ4v) is 2.93. The monoisotopic (exact) mass is 346 g/mol. The minimum absolute atomic E-state index is 0.449. The average molecular weight is 346 g/mol. The maximum Gasteiger partial charge on any atom is 0.224 e. The summed E-state index contributed by atoms with van der Waals surface area (Å²) in [5, 5.41) is 6.79. The van der Waals surface area contributed by atoms with Crippen LogP contribution in [-0.4, -0.2) is 16.5 Å². The summed E-state index contributed by atoms with van der Waals surface area (Å²) in [4.78, 5) is 9.13. The van der Waals surface area contributed by atoms with Gasteiger partial charge in [0.05, 0.1) is 0 Å². The first-order valence-corrected chi connectivity index (χ1v) is 9.11. The molecule has 0 radical (unpaired) electrons. The first-order chi connectivity index (χ1) is 12.6. The molecule has 0 aliphatic carbocycles. The number of para-hydroxylation sites is 1. The first-order valence-electron chi connectivity index (χ1n) is 9.11. The van der Waals surface area contributed by atoms with Gasteiger partial charge in [-0.25, -0.2) is 4.98 Å². The second-order valence-corrected chi connectivity index (χ2v) is 6.75. The van der Waals surface area contributed by atoms with Gasteiger partial charge in [0, 0.05) is 24.0 Å². The highest BCUT2D eigenvalue weighted by Gasteiger charge is 2.08. The van der Waals surface area contributed by atoms with Gasteiger partial charge in [-0.1, -0.05) is 62.4 Å². The lowest BCUT2D eigenvalue weighted by Gasteiger charge is -2.15. The molecule has 0 fully saturated rings. The lowest BCUT2D eigenvalue weighted by atomic mass is 10.0. The highest BCUT2D eigenvalue weighted by molar-refractivity contribution is 5.62. The highest BCUT2D eigenvalue weighted by Crippen LogP contribution is 2.26. The summed E-state index contributed by atoms with van der Waals surface area (Å²) in [6.45, 7) is 7.18. The highest BCUT2D eigenvalue weighted by atomic mass is 15.1. The molecule has 0 atom stereocenters. The number of rotatable bonds is 7. The molecule has 0 spiro atoms. The van der Waals surface area contributed by atoms with Gasteiger partial charge in [-0.15, -0.1) is 0 Å². The van der Waals surface area contributed by atoms with Crippen LogP contribution >= 0.6 is 0 Å². The maximum atomic E-state index is 4.63. The molecule has 1 heterocycles. The molecule has 0 amide bonds. The van der Waals surface area contributed by atoms with Crippen molar-refractivity contribution in [2.45, 2.75) is 33.1 Å². The van der Waals surface area contributed by atoms with Crippen molar-refractivity contribution in [1.29, 1.82) is 0 Å². The molecule has 0 unspecified atom stereocenters. The maximum absolute atomic E-state index is 4.63. The van der Waals surface area contributed by atoms with Gasteiger partial charge < -0.3 is 10.6 Å². The van der Waals surface area contributed by atoms with Crippen LogP contribution in [0.15, 0.2) is 60.7 Å². The Balaban J connectivity index is 1.70. The minimum Gasteiger partial charge on any atom is -0.354 e. The molecule has 4 heteroatoms. The predicted molar refractivity (Wildman–Crippen MR) is 109 cm³/mol. The fourth-order valence-electron chi connectivity index (χ4n) is 2.93. The van der Waals surface area contributed by atoms with Gasteiger partial charge in [-0.3, -0.25) is 0 Å². The van der Waals surface area contributed by atoms with Crippen LogP contribution in [-0.2, 0) is 6.42 Å². The third kappa shape index (κ3) is 4.82. The van der Waals surface area contributed by atoms with Gasteiger partial charge in [0.1, 0.15) is 5.82 Å². The summed E-state index contributed by atoms with van der Waals surface area (Å²) < 4.78 is 0. The number of nitrogens with zero attached hydrogens (tertiary/aromatic N) is 2. The number of benzene rings is 2. The Bertz CT molecular complexity index is 844. The molecular weight excluding hydrogens is 320 g/mol. The Morgan fingerprint density at radius 1 is 0.923 bits per heavy atom. The molecule has 3 rings (SSSR count). The van der Waals surface area contributed by atoms with E-state index in [0.717, 1.165) is 30.2 Å². The van der Waals surface area contributed by atoms with E-state index in [9.17, 15) is 0 Å². The van der Waals surface area contributed by atoms with E-state index in [1.54, 1.807) is 0 Å². The summed E-state index contributed by atoms with van der Waals surface area (Å²) >= 11 is 0. The van der Waals surface area contributed by atoms with Crippen LogP contribution in [0.25, 0.3) is 0 Å². The molecule has 26 heavy (non-hydrogen) atoms. The zero-order valence-corrected chi connectivity index (χ0v) is 15.7. The third-order valence-electron chi connectivity index (χ3n) is 4.24. The lowest BCUT2D eigenvalue weighted by molar-refractivity contribution is 0.868. The van der Waals surface area contributed by atoms with Crippen molar-refractivity contribution in [2.75, 3.05) is 17.2 Å². The minimum atomic E-state index is 0.449. The molecule has 1 aromatic heterocycles. The lowest BCUT2D eigenvalue weighted by Crippen LogP contribution is -2.10. The molecule has 4 nitrogen and oxygen atoms in total. The van der Waals surface area contributed by atoms with Gasteiger partial charge >= 0.3 is 0 Å². The predicted octanol–water partition coefficient (Wildman–Crippen LogP) is 5.31. The van der Waals surface area contributed by atoms with Gasteiger partial charge in [0.15, 0.2) is 0 Å². The Kier molecular flexibility index (Phi) is 5.84. The molecular formula is C22H26N4. The average Bonchev–Trinajstić information content (AvgIpc) is 2.62. The summed E-state index contributed by atoms with van der Waals surface area (Å²) in [6.07, 6.45) is 0.942. The van der Waals surface area contributed by atoms with Crippen molar-refractivity contribution in [1.82, 2.24) is 9.97 Å². The first kappa shape index (κ1) is 17.9. The van der Waals surface area contributed by atoms with Crippen LogP contribution in [0.5, 0.6) is 0 Å². The number of hydrogen-bond acceptors (Lipinski definition) is 4. The van der Waals surface area contributed by atoms with Crippen molar-refractivity contribution in [3.05, 3.63) is 77.5 Å². The largest absolute Gasteiger partial charge is 0.354 e.